The maximum Gasteiger partial charge on any atom is 0.258 e. The monoisotopic (exact) mass is 472 g/mol. The molecule has 1 amide bonds. The summed E-state index contributed by atoms with van der Waals surface area (Å²) in [6.07, 6.45) is 2.75. The molecule has 3 atom stereocenters. The first kappa shape index (κ1) is 23.0. The van der Waals surface area contributed by atoms with Crippen molar-refractivity contribution in [3.8, 4) is 0 Å². The molecular weight excluding hydrogens is 450 g/mol. The molecule has 2 aromatic rings. The second-order valence-corrected chi connectivity index (χ2v) is 10.3. The highest BCUT2D eigenvalue weighted by Gasteiger charge is 2.31. The van der Waals surface area contributed by atoms with Crippen LogP contribution in [0.15, 0.2) is 41.3 Å². The van der Waals surface area contributed by atoms with Crippen molar-refractivity contribution in [2.75, 3.05) is 5.32 Å². The van der Waals surface area contributed by atoms with Gasteiger partial charge in [0, 0.05) is 21.8 Å². The summed E-state index contributed by atoms with van der Waals surface area (Å²) in [4.78, 5) is 12.4. The summed E-state index contributed by atoms with van der Waals surface area (Å²) in [6.45, 7) is 4.13. The Morgan fingerprint density at radius 3 is 2.40 bits per heavy atom. The van der Waals surface area contributed by atoms with Crippen LogP contribution >= 0.6 is 23.2 Å². The quantitative estimate of drug-likeness (QED) is 0.603. The standard InChI is InChI=1S/C21H23Cl2FN2O3S/c1-12-4-3-5-20(13(12)2)26-30(28,29)17-6-7-19(24)18(11-17)21(27)25-16-9-14(22)8-15(23)10-16/h6-13,20,26H,3-5H2,1-2H3,(H,25,27)/t12-,13-,20-/m1/s1. The molecule has 0 spiro atoms. The number of benzene rings is 2. The number of sulfonamides is 1. The van der Waals surface area contributed by atoms with Crippen LogP contribution in [0.1, 0.15) is 43.5 Å². The van der Waals surface area contributed by atoms with Crippen LogP contribution in [-0.4, -0.2) is 20.4 Å². The Kier molecular flexibility index (Phi) is 7.07. The normalized spacial score (nSPS) is 22.0. The number of rotatable bonds is 5. The van der Waals surface area contributed by atoms with Crippen molar-refractivity contribution < 1.29 is 17.6 Å². The van der Waals surface area contributed by atoms with Gasteiger partial charge in [-0.1, -0.05) is 49.9 Å². The number of nitrogens with one attached hydrogen (secondary N) is 2. The lowest BCUT2D eigenvalue weighted by Gasteiger charge is -2.34. The largest absolute Gasteiger partial charge is 0.322 e. The van der Waals surface area contributed by atoms with Gasteiger partial charge in [-0.3, -0.25) is 4.79 Å². The highest BCUT2D eigenvalue weighted by Crippen LogP contribution is 2.31. The Bertz CT molecular complexity index is 1040. The number of hydrogen-bond acceptors (Lipinski definition) is 3. The molecule has 0 saturated heterocycles. The molecule has 3 rings (SSSR count). The van der Waals surface area contributed by atoms with E-state index in [0.717, 1.165) is 37.5 Å². The van der Waals surface area contributed by atoms with Crippen molar-refractivity contribution in [3.63, 3.8) is 0 Å². The van der Waals surface area contributed by atoms with Crippen LogP contribution in [-0.2, 0) is 10.0 Å². The molecule has 1 fully saturated rings. The van der Waals surface area contributed by atoms with Crippen LogP contribution in [0, 0.1) is 17.7 Å². The van der Waals surface area contributed by atoms with Crippen molar-refractivity contribution in [2.45, 2.75) is 44.0 Å². The Labute approximate surface area is 186 Å². The van der Waals surface area contributed by atoms with Crippen LogP contribution in [0.5, 0.6) is 0 Å². The minimum atomic E-state index is -3.91. The average Bonchev–Trinajstić information content (AvgIpc) is 2.64. The Balaban J connectivity index is 1.84. The lowest BCUT2D eigenvalue weighted by atomic mass is 9.78. The summed E-state index contributed by atoms with van der Waals surface area (Å²) in [7, 11) is -3.91. The Hall–Kier alpha value is -1.67. The molecule has 2 aromatic carbocycles. The molecular formula is C21H23Cl2FN2O3S. The van der Waals surface area contributed by atoms with Crippen LogP contribution in [0.3, 0.4) is 0 Å². The lowest BCUT2D eigenvalue weighted by Crippen LogP contribution is -2.43. The third-order valence-corrected chi connectivity index (χ3v) is 7.55. The first-order valence-corrected chi connectivity index (χ1v) is 11.9. The van der Waals surface area contributed by atoms with Crippen molar-refractivity contribution in [1.29, 1.82) is 0 Å². The van der Waals surface area contributed by atoms with Gasteiger partial charge in [0.05, 0.1) is 10.5 Å². The maximum absolute atomic E-state index is 14.3. The van der Waals surface area contributed by atoms with Gasteiger partial charge in [-0.25, -0.2) is 17.5 Å². The van der Waals surface area contributed by atoms with Crippen LogP contribution in [0.4, 0.5) is 10.1 Å². The molecule has 2 N–H and O–H groups in total. The van der Waals surface area contributed by atoms with Gasteiger partial charge in [0.25, 0.3) is 5.91 Å². The summed E-state index contributed by atoms with van der Waals surface area (Å²) >= 11 is 11.8. The lowest BCUT2D eigenvalue weighted by molar-refractivity contribution is 0.102. The topological polar surface area (TPSA) is 75.3 Å². The molecule has 0 heterocycles. The van der Waals surface area contributed by atoms with E-state index in [0.29, 0.717) is 16.0 Å². The molecule has 0 radical (unpaired) electrons. The van der Waals surface area contributed by atoms with Gasteiger partial charge >= 0.3 is 0 Å². The Morgan fingerprint density at radius 1 is 1.07 bits per heavy atom. The molecule has 1 aliphatic carbocycles. The molecule has 0 bridgehead atoms. The molecule has 30 heavy (non-hydrogen) atoms. The molecule has 5 nitrogen and oxygen atoms in total. The van der Waals surface area contributed by atoms with E-state index in [-0.39, 0.29) is 28.1 Å². The number of amides is 1. The van der Waals surface area contributed by atoms with Gasteiger partial charge in [-0.2, -0.15) is 0 Å². The van der Waals surface area contributed by atoms with Crippen molar-refractivity contribution >= 4 is 44.8 Å². The number of carbonyl (C=O) groups excluding carboxylic acids is 1. The molecule has 0 unspecified atom stereocenters. The fourth-order valence-electron chi connectivity index (χ4n) is 3.69. The van der Waals surface area contributed by atoms with E-state index in [2.05, 4.69) is 17.0 Å². The molecule has 0 aliphatic heterocycles. The fourth-order valence-corrected chi connectivity index (χ4v) is 5.60. The van der Waals surface area contributed by atoms with Gasteiger partial charge in [-0.05, 0) is 54.7 Å². The van der Waals surface area contributed by atoms with Gasteiger partial charge < -0.3 is 5.32 Å². The smallest absolute Gasteiger partial charge is 0.258 e. The number of anilines is 1. The second kappa shape index (κ2) is 9.22. The number of carbonyl (C=O) groups is 1. The highest BCUT2D eigenvalue weighted by atomic mass is 35.5. The zero-order chi connectivity index (χ0) is 22.1. The Morgan fingerprint density at radius 2 is 1.73 bits per heavy atom. The summed E-state index contributed by atoms with van der Waals surface area (Å²) in [5, 5.41) is 3.09. The van der Waals surface area contributed by atoms with E-state index in [4.69, 9.17) is 23.2 Å². The van der Waals surface area contributed by atoms with Crippen LogP contribution in [0.2, 0.25) is 10.0 Å². The summed E-state index contributed by atoms with van der Waals surface area (Å²) in [5.74, 6) is -1.04. The summed E-state index contributed by atoms with van der Waals surface area (Å²) < 4.78 is 42.8. The predicted molar refractivity (Wildman–Crippen MR) is 117 cm³/mol. The van der Waals surface area contributed by atoms with E-state index in [1.807, 2.05) is 6.92 Å². The van der Waals surface area contributed by atoms with Gasteiger partial charge in [0.1, 0.15) is 5.82 Å². The highest BCUT2D eigenvalue weighted by molar-refractivity contribution is 7.89. The fraction of sp³-hybridized carbons (Fsp3) is 0.381. The third kappa shape index (κ3) is 5.32. The average molecular weight is 473 g/mol. The van der Waals surface area contributed by atoms with Gasteiger partial charge in [-0.15, -0.1) is 0 Å². The number of hydrogen-bond donors (Lipinski definition) is 2. The summed E-state index contributed by atoms with van der Waals surface area (Å²) in [5.41, 5.74) is -0.118. The predicted octanol–water partition coefficient (Wildman–Crippen LogP) is 5.49. The molecule has 9 heteroatoms. The SMILES string of the molecule is C[C@@H]1[C@H](C)CCC[C@H]1NS(=O)(=O)c1ccc(F)c(C(=O)Nc2cc(Cl)cc(Cl)c2)c1. The van der Waals surface area contributed by atoms with Gasteiger partial charge in [0.15, 0.2) is 0 Å². The first-order chi connectivity index (χ1) is 14.1. The van der Waals surface area contributed by atoms with E-state index < -0.39 is 21.7 Å². The number of halogens is 3. The second-order valence-electron chi connectivity index (χ2n) is 7.75. The summed E-state index contributed by atoms with van der Waals surface area (Å²) in [6, 6.07) is 7.37. The first-order valence-electron chi connectivity index (χ1n) is 9.66. The van der Waals surface area contributed by atoms with Crippen LogP contribution < -0.4 is 10.0 Å². The van der Waals surface area contributed by atoms with Crippen molar-refractivity contribution in [1.82, 2.24) is 4.72 Å². The van der Waals surface area contributed by atoms with Crippen molar-refractivity contribution in [2.24, 2.45) is 11.8 Å². The van der Waals surface area contributed by atoms with Gasteiger partial charge in [0.2, 0.25) is 10.0 Å². The maximum atomic E-state index is 14.3. The molecule has 1 aliphatic rings. The van der Waals surface area contributed by atoms with E-state index >= 15 is 0 Å². The van der Waals surface area contributed by atoms with Crippen molar-refractivity contribution in [3.05, 3.63) is 57.8 Å². The minimum absolute atomic E-state index is 0.163. The third-order valence-electron chi connectivity index (χ3n) is 5.63. The zero-order valence-corrected chi connectivity index (χ0v) is 18.9. The van der Waals surface area contributed by atoms with E-state index in [9.17, 15) is 17.6 Å². The molecule has 162 valence electrons. The molecule has 0 aromatic heterocycles. The van der Waals surface area contributed by atoms with Crippen LogP contribution in [0.25, 0.3) is 0 Å². The van der Waals surface area contributed by atoms with E-state index in [1.165, 1.54) is 18.2 Å². The molecule has 1 saturated carbocycles. The minimum Gasteiger partial charge on any atom is -0.322 e. The van der Waals surface area contributed by atoms with E-state index in [1.54, 1.807) is 0 Å². The zero-order valence-electron chi connectivity index (χ0n) is 16.6.